The summed E-state index contributed by atoms with van der Waals surface area (Å²) in [5.74, 6) is 0.392. The van der Waals surface area contributed by atoms with Crippen LogP contribution in [0, 0.1) is 19.7 Å². The van der Waals surface area contributed by atoms with Crippen LogP contribution in [0.15, 0.2) is 91.4 Å². The summed E-state index contributed by atoms with van der Waals surface area (Å²) < 4.78 is 38.8. The second-order valence-electron chi connectivity index (χ2n) is 15.4. The number of hydrogen-bond acceptors (Lipinski definition) is 12. The third-order valence-corrected chi connectivity index (χ3v) is 13.3. The summed E-state index contributed by atoms with van der Waals surface area (Å²) in [5.41, 5.74) is 5.28. The predicted octanol–water partition coefficient (Wildman–Crippen LogP) is 9.83. The maximum absolute atomic E-state index is 14.3. The molecule has 4 aromatic carbocycles. The largest absolute Gasteiger partial charge is 0.496 e. The number of fused-ring (bicyclic) bond motifs is 1. The van der Waals surface area contributed by atoms with E-state index >= 15 is 0 Å². The van der Waals surface area contributed by atoms with Crippen LogP contribution >= 0.6 is 34.5 Å². The molecule has 0 radical (unpaired) electrons. The molecule has 16 heteroatoms. The Bertz CT molecular complexity index is 2770. The number of piperazine rings is 1. The maximum atomic E-state index is 14.3. The van der Waals surface area contributed by atoms with Crippen LogP contribution in [-0.2, 0) is 17.8 Å². The van der Waals surface area contributed by atoms with Gasteiger partial charge in [0.15, 0.2) is 11.6 Å². The lowest BCUT2D eigenvalue weighted by Crippen LogP contribution is -2.45. The molecule has 1 N–H and O–H groups in total. The lowest BCUT2D eigenvalue weighted by molar-refractivity contribution is -0.145. The van der Waals surface area contributed by atoms with E-state index in [2.05, 4.69) is 31.8 Å². The summed E-state index contributed by atoms with van der Waals surface area (Å²) in [6, 6.07) is 22.5. The van der Waals surface area contributed by atoms with E-state index in [0.717, 1.165) is 38.3 Å². The third kappa shape index (κ3) is 9.61. The monoisotopic (exact) mass is 922 g/mol. The molecule has 1 aliphatic rings. The van der Waals surface area contributed by atoms with Gasteiger partial charge >= 0.3 is 5.97 Å². The molecule has 330 valence electrons. The van der Waals surface area contributed by atoms with Crippen molar-refractivity contribution in [2.75, 3.05) is 53.5 Å². The van der Waals surface area contributed by atoms with Gasteiger partial charge in [0, 0.05) is 55.8 Å². The molecule has 8 rings (SSSR count). The standard InChI is InChI=1S/C48H45Cl2FN6O6S/c1-28-38(29(2)42(50)43(41(28)49)61-24-23-57-21-19-56(3)20-22-57)39-40-46(53-27-54-47(40)64-44(39)30-13-15-32(51)16-14-30)63-37(48(58)59)25-31-9-5-7-11-35(31)62-26-33-17-18-52-45(55-33)34-10-6-8-12-36(34)60-4/h5-18,27,37H,19-26H2,1-4H3,(H,58,59). The number of nitrogens with zero attached hydrogens (tertiary/aromatic N) is 6. The summed E-state index contributed by atoms with van der Waals surface area (Å²) in [7, 11) is 3.71. The van der Waals surface area contributed by atoms with Gasteiger partial charge in [0.2, 0.25) is 12.0 Å². The highest BCUT2D eigenvalue weighted by molar-refractivity contribution is 7.22. The molecule has 12 nitrogen and oxygen atoms in total. The Balaban J connectivity index is 1.12. The highest BCUT2D eigenvalue weighted by atomic mass is 35.5. The maximum Gasteiger partial charge on any atom is 0.345 e. The Morgan fingerprint density at radius 2 is 1.58 bits per heavy atom. The zero-order valence-electron chi connectivity index (χ0n) is 35.6. The number of ether oxygens (including phenoxy) is 4. The molecular weight excluding hydrogens is 879 g/mol. The average molecular weight is 924 g/mol. The molecule has 0 saturated carbocycles. The van der Waals surface area contributed by atoms with Crippen molar-refractivity contribution in [1.82, 2.24) is 29.7 Å². The summed E-state index contributed by atoms with van der Waals surface area (Å²) in [4.78, 5) is 37.2. The fourth-order valence-electron chi connectivity index (χ4n) is 7.74. The van der Waals surface area contributed by atoms with Crippen LogP contribution < -0.4 is 18.9 Å². The first kappa shape index (κ1) is 44.7. The Morgan fingerprint density at radius 1 is 0.875 bits per heavy atom. The zero-order valence-corrected chi connectivity index (χ0v) is 37.9. The van der Waals surface area contributed by atoms with Gasteiger partial charge < -0.3 is 29.0 Å². The summed E-state index contributed by atoms with van der Waals surface area (Å²) in [6.45, 7) is 8.83. The van der Waals surface area contributed by atoms with Gasteiger partial charge in [-0.05, 0) is 85.1 Å². The predicted molar refractivity (Wildman–Crippen MR) is 248 cm³/mol. The number of rotatable bonds is 16. The molecule has 7 aromatic rings. The van der Waals surface area contributed by atoms with Gasteiger partial charge in [-0.2, -0.15) is 0 Å². The van der Waals surface area contributed by atoms with Gasteiger partial charge in [-0.1, -0.05) is 65.7 Å². The van der Waals surface area contributed by atoms with Gasteiger partial charge in [-0.25, -0.2) is 29.1 Å². The summed E-state index contributed by atoms with van der Waals surface area (Å²) in [5, 5.41) is 11.8. The van der Waals surface area contributed by atoms with Crippen LogP contribution in [0.5, 0.6) is 23.1 Å². The number of aliphatic carboxylic acids is 1. The minimum Gasteiger partial charge on any atom is -0.496 e. The zero-order chi connectivity index (χ0) is 44.9. The van der Waals surface area contributed by atoms with E-state index in [-0.39, 0.29) is 18.9 Å². The van der Waals surface area contributed by atoms with Crippen LogP contribution in [0.2, 0.25) is 10.0 Å². The van der Waals surface area contributed by atoms with Gasteiger partial charge in [0.1, 0.15) is 41.7 Å². The van der Waals surface area contributed by atoms with Gasteiger partial charge in [-0.3, -0.25) is 4.90 Å². The highest BCUT2D eigenvalue weighted by Crippen LogP contribution is 2.53. The number of aromatic nitrogens is 4. The first-order valence-electron chi connectivity index (χ1n) is 20.6. The van der Waals surface area contributed by atoms with Crippen molar-refractivity contribution >= 4 is 50.7 Å². The third-order valence-electron chi connectivity index (χ3n) is 11.2. The van der Waals surface area contributed by atoms with Crippen LogP contribution in [0.4, 0.5) is 4.39 Å². The van der Waals surface area contributed by atoms with Crippen LogP contribution in [0.1, 0.15) is 22.4 Å². The van der Waals surface area contributed by atoms with E-state index in [9.17, 15) is 14.3 Å². The molecule has 3 aromatic heterocycles. The molecule has 1 unspecified atom stereocenters. The van der Waals surface area contributed by atoms with E-state index in [1.165, 1.54) is 29.8 Å². The molecular formula is C48H45Cl2FN6O6S. The lowest BCUT2D eigenvalue weighted by Gasteiger charge is -2.32. The van der Waals surface area contributed by atoms with Crippen LogP contribution in [0.25, 0.3) is 43.2 Å². The number of thiophene rings is 1. The molecule has 1 atom stereocenters. The quantitative estimate of drug-likeness (QED) is 0.0990. The number of halogens is 3. The molecule has 0 bridgehead atoms. The number of carboxylic acid groups (broad SMARTS) is 1. The molecule has 4 heterocycles. The Morgan fingerprint density at radius 3 is 2.30 bits per heavy atom. The first-order valence-corrected chi connectivity index (χ1v) is 22.2. The van der Waals surface area contributed by atoms with Crippen LogP contribution in [-0.4, -0.2) is 100 Å². The fraction of sp³-hybridized carbons (Fsp3) is 0.271. The Hall–Kier alpha value is -5.90. The van der Waals surface area contributed by atoms with E-state index in [4.69, 9.17) is 47.1 Å². The van der Waals surface area contributed by atoms with Crippen molar-refractivity contribution in [3.05, 3.63) is 130 Å². The molecule has 1 aliphatic heterocycles. The van der Waals surface area contributed by atoms with Crippen molar-refractivity contribution in [2.24, 2.45) is 0 Å². The van der Waals surface area contributed by atoms with Gasteiger partial charge in [0.25, 0.3) is 0 Å². The van der Waals surface area contributed by atoms with E-state index in [1.807, 2.05) is 44.2 Å². The number of para-hydroxylation sites is 2. The van der Waals surface area contributed by atoms with Crippen molar-refractivity contribution in [1.29, 1.82) is 0 Å². The number of benzene rings is 4. The lowest BCUT2D eigenvalue weighted by atomic mass is 9.92. The molecule has 0 aliphatic carbocycles. The fourth-order valence-corrected chi connectivity index (χ4v) is 9.42. The normalized spacial score (nSPS) is 13.8. The number of hydrogen-bond donors (Lipinski definition) is 1. The number of likely N-dealkylation sites (N-methyl/N-ethyl adjacent to an activating group) is 1. The minimum absolute atomic E-state index is 0.0406. The van der Waals surface area contributed by atoms with Crippen molar-refractivity contribution in [3.8, 4) is 56.1 Å². The van der Waals surface area contributed by atoms with Gasteiger partial charge in [0.05, 0.1) is 33.8 Å². The topological polar surface area (TPSA) is 132 Å². The Kier molecular flexibility index (Phi) is 13.9. The second-order valence-corrected chi connectivity index (χ2v) is 17.1. The average Bonchev–Trinajstić information content (AvgIpc) is 3.69. The second kappa shape index (κ2) is 19.9. The number of carboxylic acids is 1. The molecule has 64 heavy (non-hydrogen) atoms. The molecule has 1 saturated heterocycles. The van der Waals surface area contributed by atoms with Gasteiger partial charge in [-0.15, -0.1) is 11.3 Å². The number of methoxy groups -OCH3 is 1. The van der Waals surface area contributed by atoms with E-state index < -0.39 is 17.9 Å². The smallest absolute Gasteiger partial charge is 0.345 e. The Labute approximate surface area is 384 Å². The number of carbonyl (C=O) groups is 1. The molecule has 0 spiro atoms. The minimum atomic E-state index is -1.41. The SMILES string of the molecule is COc1ccccc1-c1nccc(COc2ccccc2CC(Oc2ncnc3sc(-c4ccc(F)cc4)c(-c4c(C)c(Cl)c(OCCN5CCN(C)CC5)c(Cl)c4C)c23)C(=O)O)n1. The summed E-state index contributed by atoms with van der Waals surface area (Å²) >= 11 is 15.6. The van der Waals surface area contributed by atoms with Crippen molar-refractivity contribution in [3.63, 3.8) is 0 Å². The van der Waals surface area contributed by atoms with Crippen molar-refractivity contribution in [2.45, 2.75) is 33.0 Å². The van der Waals surface area contributed by atoms with Crippen LogP contribution in [0.3, 0.4) is 0 Å². The molecule has 1 fully saturated rings. The van der Waals surface area contributed by atoms with Crippen molar-refractivity contribution < 1.29 is 33.2 Å². The summed E-state index contributed by atoms with van der Waals surface area (Å²) in [6.07, 6.45) is 1.50. The first-order chi connectivity index (χ1) is 31.0. The highest BCUT2D eigenvalue weighted by Gasteiger charge is 2.30. The molecule has 0 amide bonds. The van der Waals surface area contributed by atoms with E-state index in [0.29, 0.717) is 93.9 Å². The van der Waals surface area contributed by atoms with E-state index in [1.54, 1.807) is 49.7 Å².